The molecule has 1 spiro atoms. The SMILES string of the molecule is O=c1cc(CN2CCc3ccccc3C2)occ1OCC1CC2(CCN(c3ncccn3)CC2)C1. The quantitative estimate of drug-likeness (QED) is 0.536. The Morgan fingerprint density at radius 2 is 1.80 bits per heavy atom. The van der Waals surface area contributed by atoms with Gasteiger partial charge in [0.25, 0.3) is 0 Å². The standard InChI is InChI=1S/C28H32N4O3/c33-25-14-24(18-31-11-6-22-4-1-2-5-23(22)17-31)34-20-26(25)35-19-21-15-28(16-21)7-12-32(13-8-28)27-29-9-3-10-30-27/h1-5,9-10,14,20-21H,6-8,11-13,15-19H2. The minimum atomic E-state index is -0.0890. The number of hydrogen-bond acceptors (Lipinski definition) is 7. The molecule has 2 aromatic heterocycles. The molecule has 35 heavy (non-hydrogen) atoms. The van der Waals surface area contributed by atoms with Gasteiger partial charge in [-0.2, -0.15) is 0 Å². The molecule has 3 aromatic rings. The summed E-state index contributed by atoms with van der Waals surface area (Å²) in [6.07, 6.45) is 10.8. The van der Waals surface area contributed by atoms with Crippen LogP contribution < -0.4 is 15.1 Å². The molecule has 0 radical (unpaired) electrons. The highest BCUT2D eigenvalue weighted by Gasteiger charge is 2.46. The van der Waals surface area contributed by atoms with Gasteiger partial charge in [-0.3, -0.25) is 9.69 Å². The highest BCUT2D eigenvalue weighted by Crippen LogP contribution is 2.52. The maximum Gasteiger partial charge on any atom is 0.227 e. The summed E-state index contributed by atoms with van der Waals surface area (Å²) in [5.74, 6) is 2.36. The van der Waals surface area contributed by atoms with Gasteiger partial charge < -0.3 is 14.1 Å². The molecule has 0 unspecified atom stereocenters. The Morgan fingerprint density at radius 1 is 1.03 bits per heavy atom. The first-order valence-electron chi connectivity index (χ1n) is 12.7. The molecule has 3 aliphatic rings. The Morgan fingerprint density at radius 3 is 2.57 bits per heavy atom. The van der Waals surface area contributed by atoms with Crippen LogP contribution in [-0.4, -0.2) is 41.1 Å². The van der Waals surface area contributed by atoms with Crippen LogP contribution in [0.1, 0.15) is 42.6 Å². The first kappa shape index (κ1) is 22.3. The van der Waals surface area contributed by atoms with Gasteiger partial charge in [-0.1, -0.05) is 24.3 Å². The molecule has 0 atom stereocenters. The third-order valence-electron chi connectivity index (χ3n) is 8.02. The number of ether oxygens (including phenoxy) is 1. The number of anilines is 1. The van der Waals surface area contributed by atoms with Crippen molar-refractivity contribution in [3.05, 3.63) is 82.2 Å². The van der Waals surface area contributed by atoms with Gasteiger partial charge in [0.05, 0.1) is 13.2 Å². The van der Waals surface area contributed by atoms with Crippen LogP contribution in [0.2, 0.25) is 0 Å². The van der Waals surface area contributed by atoms with Crippen LogP contribution in [0.25, 0.3) is 0 Å². The fraction of sp³-hybridized carbons (Fsp3) is 0.464. The molecule has 2 aliphatic heterocycles. The number of benzene rings is 1. The number of hydrogen-bond donors (Lipinski definition) is 0. The van der Waals surface area contributed by atoms with Crippen molar-refractivity contribution in [3.8, 4) is 5.75 Å². The summed E-state index contributed by atoms with van der Waals surface area (Å²) in [4.78, 5) is 26.0. The van der Waals surface area contributed by atoms with Gasteiger partial charge in [0.1, 0.15) is 12.0 Å². The van der Waals surface area contributed by atoms with E-state index in [9.17, 15) is 4.79 Å². The van der Waals surface area contributed by atoms with E-state index in [1.165, 1.54) is 30.2 Å². The van der Waals surface area contributed by atoms with Gasteiger partial charge in [-0.15, -0.1) is 0 Å². The van der Waals surface area contributed by atoms with E-state index in [2.05, 4.69) is 44.0 Å². The Balaban J connectivity index is 0.970. The van der Waals surface area contributed by atoms with E-state index in [1.54, 1.807) is 18.5 Å². The third-order valence-corrected chi connectivity index (χ3v) is 8.02. The molecule has 0 N–H and O–H groups in total. The zero-order chi connectivity index (χ0) is 23.7. The minimum Gasteiger partial charge on any atom is -0.486 e. The monoisotopic (exact) mass is 472 g/mol. The lowest BCUT2D eigenvalue weighted by Crippen LogP contribution is -2.48. The first-order chi connectivity index (χ1) is 17.2. The second-order valence-electron chi connectivity index (χ2n) is 10.4. The van der Waals surface area contributed by atoms with Crippen molar-refractivity contribution in [2.24, 2.45) is 11.3 Å². The maximum atomic E-state index is 12.6. The van der Waals surface area contributed by atoms with Gasteiger partial charge in [0.2, 0.25) is 17.1 Å². The minimum absolute atomic E-state index is 0.0890. The number of fused-ring (bicyclic) bond motifs is 1. The lowest BCUT2D eigenvalue weighted by Gasteiger charge is -2.52. The fourth-order valence-corrected chi connectivity index (χ4v) is 6.07. The molecule has 0 amide bonds. The van der Waals surface area contributed by atoms with Gasteiger partial charge in [0, 0.05) is 44.6 Å². The van der Waals surface area contributed by atoms with Crippen LogP contribution in [0, 0.1) is 11.3 Å². The summed E-state index contributed by atoms with van der Waals surface area (Å²) in [6.45, 7) is 5.09. The molecule has 0 bridgehead atoms. The highest BCUT2D eigenvalue weighted by molar-refractivity contribution is 5.30. The van der Waals surface area contributed by atoms with E-state index in [1.807, 2.05) is 6.07 Å². The van der Waals surface area contributed by atoms with Crippen LogP contribution >= 0.6 is 0 Å². The number of piperidine rings is 1. The molecule has 1 aromatic carbocycles. The van der Waals surface area contributed by atoms with Crippen molar-refractivity contribution in [3.63, 3.8) is 0 Å². The van der Waals surface area contributed by atoms with Crippen LogP contribution in [0.3, 0.4) is 0 Å². The molecular weight excluding hydrogens is 440 g/mol. The zero-order valence-electron chi connectivity index (χ0n) is 20.1. The van der Waals surface area contributed by atoms with E-state index in [0.29, 0.717) is 36.0 Å². The normalized spacial score (nSPS) is 19.8. The second-order valence-corrected chi connectivity index (χ2v) is 10.4. The highest BCUT2D eigenvalue weighted by atomic mass is 16.5. The lowest BCUT2D eigenvalue weighted by molar-refractivity contribution is 0.00205. The van der Waals surface area contributed by atoms with Crippen molar-refractivity contribution in [1.82, 2.24) is 14.9 Å². The van der Waals surface area contributed by atoms with Crippen molar-refractivity contribution in [2.75, 3.05) is 31.1 Å². The number of nitrogens with zero attached hydrogens (tertiary/aromatic N) is 4. The Kier molecular flexibility index (Phi) is 6.02. The summed E-state index contributed by atoms with van der Waals surface area (Å²) >= 11 is 0. The molecule has 1 saturated heterocycles. The van der Waals surface area contributed by atoms with Crippen molar-refractivity contribution >= 4 is 5.95 Å². The summed E-state index contributed by atoms with van der Waals surface area (Å²) in [6, 6.07) is 12.0. The smallest absolute Gasteiger partial charge is 0.227 e. The largest absolute Gasteiger partial charge is 0.486 e. The predicted molar refractivity (Wildman–Crippen MR) is 133 cm³/mol. The summed E-state index contributed by atoms with van der Waals surface area (Å²) in [5, 5.41) is 0. The average Bonchev–Trinajstić information content (AvgIpc) is 2.88. The zero-order valence-corrected chi connectivity index (χ0v) is 20.1. The number of aromatic nitrogens is 2. The van der Waals surface area contributed by atoms with Crippen LogP contribution in [0.4, 0.5) is 5.95 Å². The molecule has 2 fully saturated rings. The molecule has 7 nitrogen and oxygen atoms in total. The van der Waals surface area contributed by atoms with Gasteiger partial charge in [0.15, 0.2) is 0 Å². The average molecular weight is 473 g/mol. The second kappa shape index (κ2) is 9.46. The Hall–Kier alpha value is -3.19. The summed E-state index contributed by atoms with van der Waals surface area (Å²) in [7, 11) is 0. The molecule has 1 aliphatic carbocycles. The molecule has 182 valence electrons. The summed E-state index contributed by atoms with van der Waals surface area (Å²) in [5.41, 5.74) is 3.11. The van der Waals surface area contributed by atoms with Crippen molar-refractivity contribution in [1.29, 1.82) is 0 Å². The van der Waals surface area contributed by atoms with Crippen molar-refractivity contribution in [2.45, 2.75) is 45.2 Å². The van der Waals surface area contributed by atoms with Crippen molar-refractivity contribution < 1.29 is 9.15 Å². The summed E-state index contributed by atoms with van der Waals surface area (Å²) < 4.78 is 11.7. The molecule has 4 heterocycles. The van der Waals surface area contributed by atoms with E-state index < -0.39 is 0 Å². The van der Waals surface area contributed by atoms with Crippen LogP contribution in [0.15, 0.2) is 64.3 Å². The van der Waals surface area contributed by atoms with E-state index in [0.717, 1.165) is 51.4 Å². The molecule has 6 rings (SSSR count). The van der Waals surface area contributed by atoms with Gasteiger partial charge >= 0.3 is 0 Å². The first-order valence-corrected chi connectivity index (χ1v) is 12.7. The van der Waals surface area contributed by atoms with E-state index >= 15 is 0 Å². The Bertz CT molecular complexity index is 1210. The third kappa shape index (κ3) is 4.82. The Labute approximate surface area is 205 Å². The van der Waals surface area contributed by atoms with Crippen LogP contribution in [-0.2, 0) is 19.5 Å². The predicted octanol–water partition coefficient (Wildman–Crippen LogP) is 4.06. The molecule has 7 heteroatoms. The van der Waals surface area contributed by atoms with E-state index in [4.69, 9.17) is 9.15 Å². The maximum absolute atomic E-state index is 12.6. The topological polar surface area (TPSA) is 71.7 Å². The molecule has 1 saturated carbocycles. The van der Waals surface area contributed by atoms with Crippen LogP contribution in [0.5, 0.6) is 5.75 Å². The van der Waals surface area contributed by atoms with E-state index in [-0.39, 0.29) is 5.43 Å². The number of rotatable bonds is 6. The van der Waals surface area contributed by atoms with Gasteiger partial charge in [-0.05, 0) is 60.6 Å². The molecular formula is C28H32N4O3. The lowest BCUT2D eigenvalue weighted by atomic mass is 9.58. The fourth-order valence-electron chi connectivity index (χ4n) is 6.07. The van der Waals surface area contributed by atoms with Gasteiger partial charge in [-0.25, -0.2) is 9.97 Å².